The van der Waals surface area contributed by atoms with Crippen LogP contribution in [0, 0.1) is 0 Å². The van der Waals surface area contributed by atoms with Gasteiger partial charge in [0.05, 0.1) is 18.0 Å². The number of hydrogen-bond donors (Lipinski definition) is 1. The number of aromatic nitrogens is 1. The summed E-state index contributed by atoms with van der Waals surface area (Å²) in [7, 11) is 0. The zero-order chi connectivity index (χ0) is 13.7. The highest BCUT2D eigenvalue weighted by Gasteiger charge is 2.06. The maximum Gasteiger partial charge on any atom is 0.308 e. The lowest BCUT2D eigenvalue weighted by Gasteiger charge is -2.04. The van der Waals surface area contributed by atoms with E-state index < -0.39 is 5.97 Å². The summed E-state index contributed by atoms with van der Waals surface area (Å²) < 4.78 is 5.55. The molecule has 4 nitrogen and oxygen atoms in total. The molecule has 0 saturated heterocycles. The summed E-state index contributed by atoms with van der Waals surface area (Å²) in [5.41, 5.74) is 0. The van der Waals surface area contributed by atoms with E-state index >= 15 is 0 Å². The van der Waals surface area contributed by atoms with Crippen molar-refractivity contribution < 1.29 is 14.6 Å². The first-order chi connectivity index (χ1) is 9.13. The van der Waals surface area contributed by atoms with Crippen molar-refractivity contribution in [3.05, 3.63) is 45.4 Å². The van der Waals surface area contributed by atoms with Gasteiger partial charge in [0.2, 0.25) is 0 Å². The molecule has 2 aromatic rings. The van der Waals surface area contributed by atoms with Crippen LogP contribution in [0.25, 0.3) is 0 Å². The topological polar surface area (TPSA) is 59.4 Å². The number of carboxylic acids is 1. The highest BCUT2D eigenvalue weighted by atomic mass is 35.5. The van der Waals surface area contributed by atoms with Crippen molar-refractivity contribution in [1.82, 2.24) is 4.98 Å². The van der Waals surface area contributed by atoms with Gasteiger partial charge in [-0.25, -0.2) is 4.98 Å². The number of rotatable bonds is 6. The van der Waals surface area contributed by atoms with Crippen molar-refractivity contribution in [2.24, 2.45) is 0 Å². The molecule has 0 amide bonds. The van der Waals surface area contributed by atoms with E-state index in [1.165, 1.54) is 11.3 Å². The van der Waals surface area contributed by atoms with Crippen LogP contribution in [0.5, 0.6) is 5.75 Å². The van der Waals surface area contributed by atoms with E-state index in [1.807, 2.05) is 0 Å². The van der Waals surface area contributed by atoms with Crippen molar-refractivity contribution in [3.63, 3.8) is 0 Å². The largest absolute Gasteiger partial charge is 0.493 e. The lowest BCUT2D eigenvalue weighted by molar-refractivity contribution is -0.136. The highest BCUT2D eigenvalue weighted by Crippen LogP contribution is 2.17. The summed E-state index contributed by atoms with van der Waals surface area (Å²) in [4.78, 5) is 15.5. The van der Waals surface area contributed by atoms with Crippen LogP contribution in [0.1, 0.15) is 9.88 Å². The van der Waals surface area contributed by atoms with E-state index in [0.29, 0.717) is 18.1 Å². The summed E-state index contributed by atoms with van der Waals surface area (Å²) >= 11 is 7.18. The first kappa shape index (κ1) is 13.8. The zero-order valence-electron chi connectivity index (χ0n) is 10.0. The first-order valence-corrected chi connectivity index (χ1v) is 6.86. The summed E-state index contributed by atoms with van der Waals surface area (Å²) in [5.74, 6) is -0.0840. The zero-order valence-corrected chi connectivity index (χ0v) is 11.6. The Bertz CT molecular complexity index is 553. The predicted octanol–water partition coefficient (Wildman–Crippen LogP) is 3.05. The van der Waals surface area contributed by atoms with Crippen LogP contribution in [0.4, 0.5) is 0 Å². The molecule has 0 aliphatic carbocycles. The number of carbonyl (C=O) groups is 1. The number of hydrogen-bond acceptors (Lipinski definition) is 4. The monoisotopic (exact) mass is 297 g/mol. The van der Waals surface area contributed by atoms with Crippen LogP contribution in [0.2, 0.25) is 5.02 Å². The second-order valence-electron chi connectivity index (χ2n) is 3.84. The van der Waals surface area contributed by atoms with Gasteiger partial charge in [0.25, 0.3) is 0 Å². The Labute approximate surface area is 119 Å². The molecule has 19 heavy (non-hydrogen) atoms. The Morgan fingerprint density at radius 3 is 2.79 bits per heavy atom. The van der Waals surface area contributed by atoms with Gasteiger partial charge >= 0.3 is 5.97 Å². The number of halogens is 1. The lowest BCUT2D eigenvalue weighted by Crippen LogP contribution is -2.00. The van der Waals surface area contributed by atoms with Crippen LogP contribution in [-0.4, -0.2) is 22.7 Å². The minimum atomic E-state index is -0.840. The van der Waals surface area contributed by atoms with Crippen LogP contribution < -0.4 is 4.74 Å². The molecule has 0 aliphatic heterocycles. The van der Waals surface area contributed by atoms with Crippen LogP contribution >= 0.6 is 22.9 Å². The normalized spacial score (nSPS) is 10.4. The molecule has 0 radical (unpaired) electrons. The summed E-state index contributed by atoms with van der Waals surface area (Å²) in [6.07, 6.45) is 2.29. The van der Waals surface area contributed by atoms with Gasteiger partial charge in [0.1, 0.15) is 5.75 Å². The molecule has 0 aliphatic rings. The SMILES string of the molecule is O=C(O)Cc1cnc(CCOc2ccc(Cl)cc2)s1. The third kappa shape index (κ3) is 4.54. The van der Waals surface area contributed by atoms with Crippen molar-refractivity contribution >= 4 is 28.9 Å². The number of benzene rings is 1. The van der Waals surface area contributed by atoms with Crippen LogP contribution in [0.15, 0.2) is 30.5 Å². The van der Waals surface area contributed by atoms with Gasteiger partial charge in [-0.15, -0.1) is 11.3 Å². The molecular formula is C13H12ClNO3S. The number of carboxylic acid groups (broad SMARTS) is 1. The van der Waals surface area contributed by atoms with E-state index in [4.69, 9.17) is 21.4 Å². The standard InChI is InChI=1S/C13H12ClNO3S/c14-9-1-3-10(4-2-9)18-6-5-12-15-8-11(19-12)7-13(16)17/h1-4,8H,5-7H2,(H,16,17). The molecule has 1 aromatic heterocycles. The fourth-order valence-corrected chi connectivity index (χ4v) is 2.50. The number of nitrogens with zero attached hydrogens (tertiary/aromatic N) is 1. The molecule has 0 spiro atoms. The van der Waals surface area contributed by atoms with Crippen LogP contribution in [-0.2, 0) is 17.6 Å². The van der Waals surface area contributed by atoms with E-state index in [9.17, 15) is 4.79 Å². The average Bonchev–Trinajstić information content (AvgIpc) is 2.78. The fourth-order valence-electron chi connectivity index (χ4n) is 1.48. The molecule has 1 heterocycles. The lowest BCUT2D eigenvalue weighted by atomic mass is 10.3. The van der Waals surface area contributed by atoms with Gasteiger partial charge in [-0.05, 0) is 24.3 Å². The number of aliphatic carboxylic acids is 1. The van der Waals surface area contributed by atoms with Crippen molar-refractivity contribution in [1.29, 1.82) is 0 Å². The van der Waals surface area contributed by atoms with Gasteiger partial charge in [0, 0.05) is 22.5 Å². The van der Waals surface area contributed by atoms with Crippen LogP contribution in [0.3, 0.4) is 0 Å². The molecule has 2 rings (SSSR count). The minimum absolute atomic E-state index is 0.0235. The molecule has 1 aromatic carbocycles. The van der Waals surface area contributed by atoms with Gasteiger partial charge < -0.3 is 9.84 Å². The van der Waals surface area contributed by atoms with E-state index in [-0.39, 0.29) is 6.42 Å². The molecular weight excluding hydrogens is 286 g/mol. The van der Waals surface area contributed by atoms with Gasteiger partial charge in [0.15, 0.2) is 0 Å². The van der Waals surface area contributed by atoms with Crippen molar-refractivity contribution in [2.45, 2.75) is 12.8 Å². The van der Waals surface area contributed by atoms with E-state index in [0.717, 1.165) is 15.6 Å². The molecule has 0 saturated carbocycles. The average molecular weight is 298 g/mol. The molecule has 100 valence electrons. The third-order valence-corrected chi connectivity index (χ3v) is 3.63. The second-order valence-corrected chi connectivity index (χ2v) is 5.48. The third-order valence-electron chi connectivity index (χ3n) is 2.33. The number of thiazole rings is 1. The Morgan fingerprint density at radius 2 is 2.11 bits per heavy atom. The quantitative estimate of drug-likeness (QED) is 0.890. The first-order valence-electron chi connectivity index (χ1n) is 5.67. The summed E-state index contributed by atoms with van der Waals surface area (Å²) in [6, 6.07) is 7.15. The predicted molar refractivity (Wildman–Crippen MR) is 74.1 cm³/mol. The van der Waals surface area contributed by atoms with Crippen molar-refractivity contribution in [3.8, 4) is 5.75 Å². The Morgan fingerprint density at radius 1 is 1.37 bits per heavy atom. The summed E-state index contributed by atoms with van der Waals surface area (Å²) in [5, 5.41) is 10.2. The number of ether oxygens (including phenoxy) is 1. The molecule has 0 atom stereocenters. The molecule has 6 heteroatoms. The van der Waals surface area contributed by atoms with Crippen molar-refractivity contribution in [2.75, 3.05) is 6.61 Å². The Hall–Kier alpha value is -1.59. The van der Waals surface area contributed by atoms with Gasteiger partial charge in [-0.1, -0.05) is 11.6 Å². The fraction of sp³-hybridized carbons (Fsp3) is 0.231. The Balaban J connectivity index is 1.80. The van der Waals surface area contributed by atoms with E-state index in [1.54, 1.807) is 30.5 Å². The highest BCUT2D eigenvalue weighted by molar-refractivity contribution is 7.11. The van der Waals surface area contributed by atoms with E-state index in [2.05, 4.69) is 4.98 Å². The maximum atomic E-state index is 10.5. The molecule has 0 bridgehead atoms. The molecule has 0 unspecified atom stereocenters. The molecule has 1 N–H and O–H groups in total. The smallest absolute Gasteiger partial charge is 0.308 e. The second kappa shape index (κ2) is 6.54. The minimum Gasteiger partial charge on any atom is -0.493 e. The Kier molecular flexibility index (Phi) is 4.76. The van der Waals surface area contributed by atoms with Gasteiger partial charge in [-0.3, -0.25) is 4.79 Å². The maximum absolute atomic E-state index is 10.5. The molecule has 0 fully saturated rings. The summed E-state index contributed by atoms with van der Waals surface area (Å²) in [6.45, 7) is 0.502. The van der Waals surface area contributed by atoms with Gasteiger partial charge in [-0.2, -0.15) is 0 Å².